The van der Waals surface area contributed by atoms with Crippen molar-refractivity contribution in [3.8, 4) is 0 Å². The van der Waals surface area contributed by atoms with Gasteiger partial charge in [0.05, 0.1) is 0 Å². The molecular formula is C16H19ClO3. The number of hydrogen-bond donors (Lipinski definition) is 1. The summed E-state index contributed by atoms with van der Waals surface area (Å²) in [6, 6.07) is 7.32. The molecule has 1 saturated carbocycles. The van der Waals surface area contributed by atoms with Gasteiger partial charge >= 0.3 is 0 Å². The normalized spacial score (nSPS) is 20.1. The molecule has 20 heavy (non-hydrogen) atoms. The van der Waals surface area contributed by atoms with Gasteiger partial charge in [0.25, 0.3) is 0 Å². The minimum Gasteiger partial charge on any atom is -0.458 e. The van der Waals surface area contributed by atoms with Gasteiger partial charge in [-0.25, -0.2) is 0 Å². The second-order valence-electron chi connectivity index (χ2n) is 5.56. The van der Waals surface area contributed by atoms with Crippen molar-refractivity contribution in [2.45, 2.75) is 43.8 Å². The number of furan rings is 1. The Morgan fingerprint density at radius 3 is 2.70 bits per heavy atom. The summed E-state index contributed by atoms with van der Waals surface area (Å²) in [6.45, 7) is 0. The molecule has 0 radical (unpaired) electrons. The highest BCUT2D eigenvalue weighted by molar-refractivity contribution is 6.31. The van der Waals surface area contributed by atoms with Crippen LogP contribution in [-0.2, 0) is 4.74 Å². The first-order chi connectivity index (χ1) is 9.64. The van der Waals surface area contributed by atoms with E-state index in [1.54, 1.807) is 13.2 Å². The van der Waals surface area contributed by atoms with E-state index >= 15 is 0 Å². The Balaban J connectivity index is 1.96. The Hall–Kier alpha value is -1.03. The lowest BCUT2D eigenvalue weighted by atomic mass is 9.79. The minimum absolute atomic E-state index is 0.518. The molecule has 4 heteroatoms. The lowest BCUT2D eigenvalue weighted by Gasteiger charge is -2.38. The van der Waals surface area contributed by atoms with Gasteiger partial charge in [0.15, 0.2) is 0 Å². The van der Waals surface area contributed by atoms with Crippen LogP contribution in [-0.4, -0.2) is 17.8 Å². The lowest BCUT2D eigenvalue weighted by Crippen LogP contribution is -2.40. The topological polar surface area (TPSA) is 42.6 Å². The first-order valence-electron chi connectivity index (χ1n) is 7.07. The summed E-state index contributed by atoms with van der Waals surface area (Å²) < 4.78 is 11.5. The van der Waals surface area contributed by atoms with Gasteiger partial charge < -0.3 is 14.3 Å². The monoisotopic (exact) mass is 294 g/mol. The third kappa shape index (κ3) is 2.34. The lowest BCUT2D eigenvalue weighted by molar-refractivity contribution is -0.131. The highest BCUT2D eigenvalue weighted by Gasteiger charge is 2.41. The fourth-order valence-electron chi connectivity index (χ4n) is 3.17. The molecule has 1 aromatic carbocycles. The zero-order chi connectivity index (χ0) is 14.2. The molecule has 1 fully saturated rings. The van der Waals surface area contributed by atoms with Crippen molar-refractivity contribution in [1.29, 1.82) is 0 Å². The Labute approximate surface area is 123 Å². The number of aliphatic hydroxyl groups excluding tert-OH is 1. The van der Waals surface area contributed by atoms with Crippen molar-refractivity contribution < 1.29 is 14.3 Å². The smallest absolute Gasteiger partial charge is 0.140 e. The maximum atomic E-state index is 10.7. The Morgan fingerprint density at radius 2 is 2.00 bits per heavy atom. The predicted octanol–water partition coefficient (Wildman–Crippen LogP) is 4.47. The molecule has 2 aromatic rings. The van der Waals surface area contributed by atoms with E-state index in [0.29, 0.717) is 10.8 Å². The molecular weight excluding hydrogens is 276 g/mol. The number of halogens is 1. The molecule has 1 N–H and O–H groups in total. The molecule has 0 amide bonds. The maximum absolute atomic E-state index is 10.7. The molecule has 0 spiro atoms. The van der Waals surface area contributed by atoms with E-state index in [2.05, 4.69) is 0 Å². The van der Waals surface area contributed by atoms with Crippen LogP contribution >= 0.6 is 11.6 Å². The van der Waals surface area contributed by atoms with Crippen molar-refractivity contribution in [2.75, 3.05) is 7.11 Å². The molecule has 0 bridgehead atoms. The van der Waals surface area contributed by atoms with E-state index in [1.807, 2.05) is 18.2 Å². The first-order valence-corrected chi connectivity index (χ1v) is 7.45. The van der Waals surface area contributed by atoms with Gasteiger partial charge in [0, 0.05) is 17.5 Å². The summed E-state index contributed by atoms with van der Waals surface area (Å²) in [5, 5.41) is 12.3. The molecule has 3 nitrogen and oxygen atoms in total. The number of methoxy groups -OCH3 is 1. The molecule has 1 aliphatic carbocycles. The van der Waals surface area contributed by atoms with Crippen LogP contribution in [0, 0.1) is 0 Å². The van der Waals surface area contributed by atoms with Gasteiger partial charge in [-0.3, -0.25) is 0 Å². The van der Waals surface area contributed by atoms with Gasteiger partial charge in [0.2, 0.25) is 0 Å². The number of hydrogen-bond acceptors (Lipinski definition) is 3. The summed E-state index contributed by atoms with van der Waals surface area (Å²) in [5.74, 6) is 0.561. The molecule has 1 aromatic heterocycles. The van der Waals surface area contributed by atoms with E-state index in [0.717, 1.165) is 36.7 Å². The summed E-state index contributed by atoms with van der Waals surface area (Å²) in [7, 11) is 1.67. The maximum Gasteiger partial charge on any atom is 0.140 e. The van der Waals surface area contributed by atoms with Crippen molar-refractivity contribution in [3.63, 3.8) is 0 Å². The van der Waals surface area contributed by atoms with E-state index in [9.17, 15) is 5.11 Å². The number of benzene rings is 1. The molecule has 0 saturated heterocycles. The van der Waals surface area contributed by atoms with Gasteiger partial charge in [-0.2, -0.15) is 0 Å². The van der Waals surface area contributed by atoms with E-state index in [1.165, 1.54) is 6.42 Å². The third-order valence-electron chi connectivity index (χ3n) is 4.37. The highest BCUT2D eigenvalue weighted by Crippen LogP contribution is 2.42. The van der Waals surface area contributed by atoms with E-state index in [4.69, 9.17) is 20.8 Å². The number of ether oxygens (including phenoxy) is 1. The van der Waals surface area contributed by atoms with Gasteiger partial charge in [0.1, 0.15) is 23.0 Å². The Bertz CT molecular complexity index is 599. The molecule has 108 valence electrons. The summed E-state index contributed by atoms with van der Waals surface area (Å²) in [4.78, 5) is 0. The highest BCUT2D eigenvalue weighted by atomic mass is 35.5. The predicted molar refractivity (Wildman–Crippen MR) is 79.0 cm³/mol. The molecule has 1 heterocycles. The molecule has 1 aliphatic rings. The average Bonchev–Trinajstić information content (AvgIpc) is 2.90. The second kappa shape index (κ2) is 5.40. The average molecular weight is 295 g/mol. The SMILES string of the molecule is COC1(C(O)c2cc3cc(Cl)ccc3o2)CCCCC1. The van der Waals surface area contributed by atoms with Crippen LogP contribution in [0.3, 0.4) is 0 Å². The second-order valence-corrected chi connectivity index (χ2v) is 6.00. The first kappa shape index (κ1) is 13.9. The Morgan fingerprint density at radius 1 is 1.25 bits per heavy atom. The Kier molecular flexibility index (Phi) is 3.76. The number of rotatable bonds is 3. The molecule has 0 aliphatic heterocycles. The quantitative estimate of drug-likeness (QED) is 0.908. The third-order valence-corrected chi connectivity index (χ3v) is 4.61. The zero-order valence-corrected chi connectivity index (χ0v) is 12.3. The van der Waals surface area contributed by atoms with Crippen molar-refractivity contribution in [1.82, 2.24) is 0 Å². The van der Waals surface area contributed by atoms with Crippen LogP contribution in [0.5, 0.6) is 0 Å². The molecule has 1 atom stereocenters. The largest absolute Gasteiger partial charge is 0.458 e. The minimum atomic E-state index is -0.737. The van der Waals surface area contributed by atoms with Gasteiger partial charge in [-0.05, 0) is 37.1 Å². The van der Waals surface area contributed by atoms with Crippen LogP contribution in [0.15, 0.2) is 28.7 Å². The van der Waals surface area contributed by atoms with Gasteiger partial charge in [-0.1, -0.05) is 30.9 Å². The van der Waals surface area contributed by atoms with Crippen LogP contribution in [0.2, 0.25) is 5.02 Å². The molecule has 1 unspecified atom stereocenters. The zero-order valence-electron chi connectivity index (χ0n) is 11.6. The standard InChI is InChI=1S/C16H19ClO3/c1-19-16(7-3-2-4-8-16)15(18)14-10-11-9-12(17)5-6-13(11)20-14/h5-6,9-10,15,18H,2-4,7-8H2,1H3. The van der Waals surface area contributed by atoms with Crippen LogP contribution in [0.25, 0.3) is 11.0 Å². The summed E-state index contributed by atoms with van der Waals surface area (Å²) in [5.41, 5.74) is 0.223. The van der Waals surface area contributed by atoms with E-state index < -0.39 is 11.7 Å². The van der Waals surface area contributed by atoms with Crippen molar-refractivity contribution in [2.24, 2.45) is 0 Å². The number of fused-ring (bicyclic) bond motifs is 1. The van der Waals surface area contributed by atoms with Crippen molar-refractivity contribution in [3.05, 3.63) is 35.0 Å². The summed E-state index contributed by atoms with van der Waals surface area (Å²) in [6.07, 6.45) is 4.35. The van der Waals surface area contributed by atoms with Gasteiger partial charge in [-0.15, -0.1) is 0 Å². The number of aliphatic hydroxyl groups is 1. The fraction of sp³-hybridized carbons (Fsp3) is 0.500. The molecule has 3 rings (SSSR count). The van der Waals surface area contributed by atoms with Crippen LogP contribution < -0.4 is 0 Å². The van der Waals surface area contributed by atoms with Crippen LogP contribution in [0.1, 0.15) is 44.0 Å². The van der Waals surface area contributed by atoms with Crippen molar-refractivity contribution >= 4 is 22.6 Å². The fourth-order valence-corrected chi connectivity index (χ4v) is 3.35. The van der Waals surface area contributed by atoms with E-state index in [-0.39, 0.29) is 0 Å². The van der Waals surface area contributed by atoms with Crippen LogP contribution in [0.4, 0.5) is 0 Å². The summed E-state index contributed by atoms with van der Waals surface area (Å²) >= 11 is 5.98.